The highest BCUT2D eigenvalue weighted by atomic mass is 32.2. The molecule has 4 aromatic rings. The topological polar surface area (TPSA) is 102 Å². The van der Waals surface area contributed by atoms with Crippen molar-refractivity contribution in [1.82, 2.24) is 20.2 Å². The van der Waals surface area contributed by atoms with E-state index in [0.717, 1.165) is 22.6 Å². The molecule has 0 spiro atoms. The molecule has 0 saturated carbocycles. The standard InChI is InChI=1S/C25H23N5O3S/c1-17-6-10-20(11-7-17)30-24(19-8-12-22(33-2)13-9-19)28-29-25(30)34-16-23(32)27-26-15-18-4-3-5-21(31)14-18/h3-15,31H,16H2,1-2H3,(H,27,32). The Balaban J connectivity index is 1.52. The van der Waals surface area contributed by atoms with Crippen LogP contribution in [0.25, 0.3) is 17.1 Å². The maximum Gasteiger partial charge on any atom is 0.250 e. The van der Waals surface area contributed by atoms with Crippen LogP contribution < -0.4 is 10.2 Å². The lowest BCUT2D eigenvalue weighted by molar-refractivity contribution is -0.118. The molecule has 0 aliphatic rings. The van der Waals surface area contributed by atoms with Crippen molar-refractivity contribution in [3.05, 3.63) is 83.9 Å². The number of hydrogen-bond donors (Lipinski definition) is 2. The molecule has 172 valence electrons. The molecule has 4 rings (SSSR count). The molecule has 3 aromatic carbocycles. The summed E-state index contributed by atoms with van der Waals surface area (Å²) in [5.41, 5.74) is 6.08. The Bertz CT molecular complexity index is 1300. The second-order valence-corrected chi connectivity index (χ2v) is 8.32. The highest BCUT2D eigenvalue weighted by Gasteiger charge is 2.17. The number of ether oxygens (including phenoxy) is 1. The lowest BCUT2D eigenvalue weighted by Crippen LogP contribution is -2.20. The third-order valence-corrected chi connectivity index (χ3v) is 5.81. The van der Waals surface area contributed by atoms with Crippen molar-refractivity contribution >= 4 is 23.9 Å². The van der Waals surface area contributed by atoms with E-state index in [1.165, 1.54) is 18.0 Å². The maximum atomic E-state index is 12.3. The minimum Gasteiger partial charge on any atom is -0.508 e. The zero-order valence-corrected chi connectivity index (χ0v) is 19.5. The third-order valence-electron chi connectivity index (χ3n) is 4.88. The number of phenols is 1. The molecule has 34 heavy (non-hydrogen) atoms. The van der Waals surface area contributed by atoms with E-state index in [0.29, 0.717) is 16.5 Å². The van der Waals surface area contributed by atoms with Crippen molar-refractivity contribution in [1.29, 1.82) is 0 Å². The fraction of sp³-hybridized carbons (Fsp3) is 0.120. The quantitative estimate of drug-likeness (QED) is 0.226. The molecule has 1 heterocycles. The van der Waals surface area contributed by atoms with E-state index < -0.39 is 0 Å². The number of aromatic nitrogens is 3. The monoisotopic (exact) mass is 473 g/mol. The summed E-state index contributed by atoms with van der Waals surface area (Å²) in [6, 6.07) is 22.2. The van der Waals surface area contributed by atoms with Crippen LogP contribution in [0.2, 0.25) is 0 Å². The molecule has 1 aromatic heterocycles. The van der Waals surface area contributed by atoms with E-state index in [4.69, 9.17) is 4.74 Å². The van der Waals surface area contributed by atoms with Crippen molar-refractivity contribution in [2.24, 2.45) is 5.10 Å². The highest BCUT2D eigenvalue weighted by Crippen LogP contribution is 2.29. The van der Waals surface area contributed by atoms with Crippen LogP contribution in [-0.4, -0.2) is 44.9 Å². The summed E-state index contributed by atoms with van der Waals surface area (Å²) in [7, 11) is 1.62. The number of aryl methyl sites for hydroxylation is 1. The van der Waals surface area contributed by atoms with E-state index in [1.54, 1.807) is 31.4 Å². The van der Waals surface area contributed by atoms with Gasteiger partial charge in [0.25, 0.3) is 5.91 Å². The molecule has 2 N–H and O–H groups in total. The van der Waals surface area contributed by atoms with Gasteiger partial charge in [0.2, 0.25) is 0 Å². The molecule has 0 fully saturated rings. The van der Waals surface area contributed by atoms with Crippen LogP contribution in [-0.2, 0) is 4.79 Å². The Labute approximate surface area is 201 Å². The zero-order chi connectivity index (χ0) is 23.9. The first-order valence-corrected chi connectivity index (χ1v) is 11.4. The lowest BCUT2D eigenvalue weighted by atomic mass is 10.2. The fourth-order valence-electron chi connectivity index (χ4n) is 3.16. The third kappa shape index (κ3) is 5.62. The van der Waals surface area contributed by atoms with Crippen molar-refractivity contribution in [2.45, 2.75) is 12.1 Å². The second kappa shape index (κ2) is 10.7. The van der Waals surface area contributed by atoms with Gasteiger partial charge in [-0.15, -0.1) is 10.2 Å². The number of phenolic OH excluding ortho intramolecular Hbond substituents is 1. The van der Waals surface area contributed by atoms with Crippen molar-refractivity contribution in [3.63, 3.8) is 0 Å². The van der Waals surface area contributed by atoms with Crippen LogP contribution in [0.1, 0.15) is 11.1 Å². The SMILES string of the molecule is COc1ccc(-c2nnc(SCC(=O)NN=Cc3cccc(O)c3)n2-c2ccc(C)cc2)cc1. The number of amides is 1. The molecular formula is C25H23N5O3S. The summed E-state index contributed by atoms with van der Waals surface area (Å²) in [6.07, 6.45) is 1.47. The summed E-state index contributed by atoms with van der Waals surface area (Å²) >= 11 is 1.26. The summed E-state index contributed by atoms with van der Waals surface area (Å²) < 4.78 is 7.18. The molecule has 8 nitrogen and oxygen atoms in total. The van der Waals surface area contributed by atoms with Gasteiger partial charge in [0.1, 0.15) is 11.5 Å². The van der Waals surface area contributed by atoms with Gasteiger partial charge in [-0.05, 0) is 61.0 Å². The average molecular weight is 474 g/mol. The molecule has 0 saturated heterocycles. The smallest absolute Gasteiger partial charge is 0.250 e. The van der Waals surface area contributed by atoms with Gasteiger partial charge in [-0.1, -0.05) is 41.6 Å². The highest BCUT2D eigenvalue weighted by molar-refractivity contribution is 7.99. The van der Waals surface area contributed by atoms with E-state index in [-0.39, 0.29) is 17.4 Å². The predicted octanol–water partition coefficient (Wildman–Crippen LogP) is 4.20. The zero-order valence-electron chi connectivity index (χ0n) is 18.7. The number of benzene rings is 3. The largest absolute Gasteiger partial charge is 0.508 e. The van der Waals surface area contributed by atoms with Gasteiger partial charge in [-0.25, -0.2) is 5.43 Å². The van der Waals surface area contributed by atoms with Gasteiger partial charge >= 0.3 is 0 Å². The number of nitrogens with one attached hydrogen (secondary N) is 1. The molecular weight excluding hydrogens is 450 g/mol. The van der Waals surface area contributed by atoms with Crippen LogP contribution in [0.4, 0.5) is 0 Å². The first-order chi connectivity index (χ1) is 16.5. The first-order valence-electron chi connectivity index (χ1n) is 10.4. The lowest BCUT2D eigenvalue weighted by Gasteiger charge is -2.11. The molecule has 0 aliphatic heterocycles. The Hall–Kier alpha value is -4.11. The van der Waals surface area contributed by atoms with E-state index >= 15 is 0 Å². The summed E-state index contributed by atoms with van der Waals surface area (Å²) in [4.78, 5) is 12.3. The number of thioether (sulfide) groups is 1. The molecule has 0 unspecified atom stereocenters. The molecule has 0 radical (unpaired) electrons. The maximum absolute atomic E-state index is 12.3. The van der Waals surface area contributed by atoms with E-state index in [2.05, 4.69) is 20.7 Å². The fourth-order valence-corrected chi connectivity index (χ4v) is 3.91. The molecule has 1 amide bonds. The molecule has 0 bridgehead atoms. The molecule has 0 atom stereocenters. The average Bonchev–Trinajstić information content (AvgIpc) is 3.27. The summed E-state index contributed by atoms with van der Waals surface area (Å²) in [6.45, 7) is 2.03. The Kier molecular flexibility index (Phi) is 7.24. The number of methoxy groups -OCH3 is 1. The number of hydrogen-bond acceptors (Lipinski definition) is 7. The van der Waals surface area contributed by atoms with Crippen LogP contribution >= 0.6 is 11.8 Å². The molecule has 9 heteroatoms. The number of rotatable bonds is 8. The number of aromatic hydroxyl groups is 1. The van der Waals surface area contributed by atoms with Gasteiger partial charge in [0.05, 0.1) is 19.1 Å². The Morgan fingerprint density at radius 1 is 1.12 bits per heavy atom. The van der Waals surface area contributed by atoms with Crippen LogP contribution in [0.5, 0.6) is 11.5 Å². The second-order valence-electron chi connectivity index (χ2n) is 7.38. The van der Waals surface area contributed by atoms with Gasteiger partial charge < -0.3 is 9.84 Å². The van der Waals surface area contributed by atoms with Crippen molar-refractivity contribution < 1.29 is 14.6 Å². The van der Waals surface area contributed by atoms with E-state index in [9.17, 15) is 9.90 Å². The number of carbonyl (C=O) groups is 1. The summed E-state index contributed by atoms with van der Waals surface area (Å²) in [5.74, 6) is 1.36. The van der Waals surface area contributed by atoms with Gasteiger partial charge in [-0.3, -0.25) is 9.36 Å². The van der Waals surface area contributed by atoms with Crippen molar-refractivity contribution in [2.75, 3.05) is 12.9 Å². The van der Waals surface area contributed by atoms with E-state index in [1.807, 2.05) is 60.0 Å². The minimum atomic E-state index is -0.286. The van der Waals surface area contributed by atoms with Gasteiger partial charge in [-0.2, -0.15) is 5.10 Å². The minimum absolute atomic E-state index is 0.101. The Morgan fingerprint density at radius 3 is 2.59 bits per heavy atom. The van der Waals surface area contributed by atoms with Crippen LogP contribution in [0.15, 0.2) is 83.1 Å². The van der Waals surface area contributed by atoms with Gasteiger partial charge in [0, 0.05) is 11.3 Å². The van der Waals surface area contributed by atoms with Crippen LogP contribution in [0, 0.1) is 6.92 Å². The van der Waals surface area contributed by atoms with Gasteiger partial charge in [0.15, 0.2) is 11.0 Å². The number of nitrogens with zero attached hydrogens (tertiary/aromatic N) is 4. The number of carbonyl (C=O) groups excluding carboxylic acids is 1. The Morgan fingerprint density at radius 2 is 1.88 bits per heavy atom. The summed E-state index contributed by atoms with van der Waals surface area (Å²) in [5, 5.41) is 22.8. The predicted molar refractivity (Wildman–Crippen MR) is 133 cm³/mol. The normalized spacial score (nSPS) is 11.0. The first kappa shape index (κ1) is 23.1. The molecule has 0 aliphatic carbocycles. The number of hydrazone groups is 1. The van der Waals surface area contributed by atoms with Crippen LogP contribution in [0.3, 0.4) is 0 Å². The van der Waals surface area contributed by atoms with Crippen molar-refractivity contribution in [3.8, 4) is 28.6 Å².